The minimum atomic E-state index is -2.67. The molecule has 0 amide bonds. The quantitative estimate of drug-likeness (QED) is 0.589. The number of aromatic nitrogens is 2. The van der Waals surface area contributed by atoms with Crippen LogP contribution in [0.15, 0.2) is 33.7 Å². The van der Waals surface area contributed by atoms with Gasteiger partial charge in [0, 0.05) is 12.6 Å². The third-order valence-electron chi connectivity index (χ3n) is 4.67. The molecule has 2 aromatic heterocycles. The summed E-state index contributed by atoms with van der Waals surface area (Å²) in [5.41, 5.74) is 5.24. The summed E-state index contributed by atoms with van der Waals surface area (Å²) in [5, 5.41) is 8.25. The van der Waals surface area contributed by atoms with Crippen molar-refractivity contribution < 1.29 is 17.4 Å². The van der Waals surface area contributed by atoms with Crippen molar-refractivity contribution in [1.82, 2.24) is 14.5 Å². The van der Waals surface area contributed by atoms with Crippen molar-refractivity contribution in [2.45, 2.75) is 12.5 Å². The average Bonchev–Trinajstić information content (AvgIpc) is 3.29. The summed E-state index contributed by atoms with van der Waals surface area (Å²) in [6.07, 6.45) is 0. The third kappa shape index (κ3) is 3.46. The van der Waals surface area contributed by atoms with Gasteiger partial charge in [0.2, 0.25) is 11.9 Å². The van der Waals surface area contributed by atoms with Crippen LogP contribution in [0.1, 0.15) is 11.8 Å². The summed E-state index contributed by atoms with van der Waals surface area (Å²) in [5.74, 6) is 2.21. The Morgan fingerprint density at radius 3 is 2.67 bits per heavy atom. The van der Waals surface area contributed by atoms with E-state index in [2.05, 4.69) is 21.1 Å². The molecule has 4 rings (SSSR count). The normalized spacial score (nSPS) is 24.2. The highest BCUT2D eigenvalue weighted by Crippen LogP contribution is 2.44. The van der Waals surface area contributed by atoms with Crippen LogP contribution in [0.5, 0.6) is 0 Å². The molecular formula is C18H16ClF2N5O2S2. The lowest BCUT2D eigenvalue weighted by atomic mass is 10.0. The van der Waals surface area contributed by atoms with Gasteiger partial charge in [-0.15, -0.1) is 21.5 Å². The number of rotatable bonds is 3. The summed E-state index contributed by atoms with van der Waals surface area (Å²) in [4.78, 5) is 5.65. The Kier molecular flexibility index (Phi) is 4.87. The molecule has 1 aliphatic heterocycles. The molecule has 1 aliphatic rings. The highest BCUT2D eigenvalue weighted by atomic mass is 35.5. The largest absolute Gasteiger partial charge is 0.415 e. The molecule has 1 aromatic carbocycles. The van der Waals surface area contributed by atoms with E-state index in [-0.39, 0.29) is 29.1 Å². The van der Waals surface area contributed by atoms with Crippen LogP contribution in [0.4, 0.5) is 8.78 Å². The lowest BCUT2D eigenvalue weighted by Gasteiger charge is -2.36. The summed E-state index contributed by atoms with van der Waals surface area (Å²) < 4.78 is 46.5. The summed E-state index contributed by atoms with van der Waals surface area (Å²) in [6, 6.07) is 4.92. The first-order valence-corrected chi connectivity index (χ1v) is 11.6. The van der Waals surface area contributed by atoms with E-state index in [1.807, 2.05) is 0 Å². The molecule has 0 aliphatic carbocycles. The van der Waals surface area contributed by atoms with E-state index in [4.69, 9.17) is 21.8 Å². The predicted molar refractivity (Wildman–Crippen MR) is 115 cm³/mol. The van der Waals surface area contributed by atoms with E-state index < -0.39 is 26.9 Å². The van der Waals surface area contributed by atoms with Gasteiger partial charge >= 0.3 is 0 Å². The minimum absolute atomic E-state index is 0.0310. The number of thiophene rings is 1. The van der Waals surface area contributed by atoms with Gasteiger partial charge in [-0.05, 0) is 37.1 Å². The molecule has 0 saturated heterocycles. The number of benzene rings is 1. The van der Waals surface area contributed by atoms with Gasteiger partial charge in [-0.25, -0.2) is 18.0 Å². The maximum atomic E-state index is 13.5. The second kappa shape index (κ2) is 7.03. The molecule has 0 spiro atoms. The van der Waals surface area contributed by atoms with Crippen LogP contribution in [0.3, 0.4) is 0 Å². The van der Waals surface area contributed by atoms with Gasteiger partial charge in [0.15, 0.2) is 11.6 Å². The van der Waals surface area contributed by atoms with Gasteiger partial charge in [0.25, 0.3) is 5.89 Å². The Hall–Kier alpha value is -2.50. The van der Waals surface area contributed by atoms with Crippen molar-refractivity contribution in [3.05, 3.63) is 45.8 Å². The lowest BCUT2D eigenvalue weighted by Crippen LogP contribution is -2.50. The fraction of sp³-hybridized carbons (Fsp3) is 0.222. The molecule has 2 atom stereocenters. The summed E-state index contributed by atoms with van der Waals surface area (Å²) in [6.45, 7) is 1.78. The molecule has 0 bridgehead atoms. The lowest BCUT2D eigenvalue weighted by molar-refractivity contribution is 0.508. The number of aliphatic imine (C=N–C) groups is 1. The van der Waals surface area contributed by atoms with Crippen molar-refractivity contribution in [1.29, 1.82) is 0 Å². The van der Waals surface area contributed by atoms with Crippen LogP contribution in [0, 0.1) is 11.6 Å². The Bertz CT molecular complexity index is 1290. The first kappa shape index (κ1) is 20.8. The molecule has 0 saturated carbocycles. The smallest absolute Gasteiger partial charge is 0.258 e. The maximum Gasteiger partial charge on any atom is 0.258 e. The van der Waals surface area contributed by atoms with E-state index in [1.54, 1.807) is 20.0 Å². The molecular weight excluding hydrogens is 456 g/mol. The minimum Gasteiger partial charge on any atom is -0.415 e. The second-order valence-corrected chi connectivity index (χ2v) is 10.8. The Morgan fingerprint density at radius 1 is 1.30 bits per heavy atom. The van der Waals surface area contributed by atoms with Gasteiger partial charge in [-0.2, -0.15) is 0 Å². The van der Waals surface area contributed by atoms with E-state index in [9.17, 15) is 13.0 Å². The van der Waals surface area contributed by atoms with Crippen LogP contribution < -0.4 is 5.73 Å². The highest BCUT2D eigenvalue weighted by molar-refractivity contribution is 7.98. The van der Waals surface area contributed by atoms with Crippen LogP contribution in [-0.4, -0.2) is 43.3 Å². The molecule has 0 fully saturated rings. The highest BCUT2D eigenvalue weighted by Gasteiger charge is 2.40. The van der Waals surface area contributed by atoms with Gasteiger partial charge < -0.3 is 10.2 Å². The zero-order chi connectivity index (χ0) is 21.8. The second-order valence-electron chi connectivity index (χ2n) is 6.99. The zero-order valence-corrected chi connectivity index (χ0v) is 18.2. The third-order valence-corrected chi connectivity index (χ3v) is 8.65. The van der Waals surface area contributed by atoms with Crippen LogP contribution in [0.25, 0.3) is 22.2 Å². The number of nitrogens with two attached hydrogens (primary N) is 1. The first-order chi connectivity index (χ1) is 14.0. The molecule has 158 valence electrons. The van der Waals surface area contributed by atoms with E-state index >= 15 is 0 Å². The van der Waals surface area contributed by atoms with E-state index in [0.29, 0.717) is 14.8 Å². The topological polar surface area (TPSA) is 97.6 Å². The Balaban J connectivity index is 1.72. The number of hydrogen-bond donors (Lipinski definition) is 1. The molecule has 2 N–H and O–H groups in total. The van der Waals surface area contributed by atoms with Crippen LogP contribution in [0.2, 0.25) is 5.02 Å². The predicted octanol–water partition coefficient (Wildman–Crippen LogP) is 3.50. The van der Waals surface area contributed by atoms with Crippen molar-refractivity contribution in [2.75, 3.05) is 12.8 Å². The van der Waals surface area contributed by atoms with E-state index in [1.165, 1.54) is 21.7 Å². The molecule has 12 heteroatoms. The molecule has 1 unspecified atom stereocenters. The summed E-state index contributed by atoms with van der Waals surface area (Å²) in [7, 11) is -1.09. The Morgan fingerprint density at radius 2 is 2.00 bits per heavy atom. The average molecular weight is 472 g/mol. The van der Waals surface area contributed by atoms with Gasteiger partial charge in [0.1, 0.15) is 5.54 Å². The summed E-state index contributed by atoms with van der Waals surface area (Å²) >= 11 is 7.69. The van der Waals surface area contributed by atoms with Crippen molar-refractivity contribution >= 4 is 44.5 Å². The van der Waals surface area contributed by atoms with Crippen LogP contribution in [-0.2, 0) is 15.2 Å². The maximum absolute atomic E-state index is 13.5. The molecule has 7 nitrogen and oxygen atoms in total. The zero-order valence-electron chi connectivity index (χ0n) is 15.9. The Labute approximate surface area is 180 Å². The molecule has 3 aromatic rings. The van der Waals surface area contributed by atoms with Crippen molar-refractivity contribution in [2.24, 2.45) is 10.7 Å². The fourth-order valence-electron chi connectivity index (χ4n) is 3.09. The van der Waals surface area contributed by atoms with Gasteiger partial charge in [0.05, 0.1) is 30.2 Å². The standard InChI is InChI=1S/C18H16ClF2N5O2S2/c1-18(8-30(3,27)26(2)17(22)23-18)14-10(19)7-13(29-14)16-25-24-15(28-16)9-4-5-11(20)12(21)6-9/h4-7H,3,8H2,1-2H3,(H2,22,23)/t18-,30?/m0/s1. The first-order valence-electron chi connectivity index (χ1n) is 8.53. The monoisotopic (exact) mass is 471 g/mol. The number of halogens is 3. The number of guanidine groups is 1. The number of nitrogens with zero attached hydrogens (tertiary/aromatic N) is 4. The van der Waals surface area contributed by atoms with Crippen molar-refractivity contribution in [3.63, 3.8) is 0 Å². The van der Waals surface area contributed by atoms with Crippen LogP contribution >= 0.6 is 22.9 Å². The molecule has 0 radical (unpaired) electrons. The van der Waals surface area contributed by atoms with E-state index in [0.717, 1.165) is 12.1 Å². The number of hydrogen-bond acceptors (Lipinski definition) is 7. The fourth-order valence-corrected chi connectivity index (χ4v) is 6.40. The SMILES string of the molecule is C=S1(=O)C[C@@](C)(c2sc(-c3nnc(-c4ccc(F)c(F)c4)o3)cc2Cl)N=C(N)N1C. The van der Waals surface area contributed by atoms with Crippen molar-refractivity contribution in [3.8, 4) is 22.2 Å². The molecule has 3 heterocycles. The van der Waals surface area contributed by atoms with Gasteiger partial charge in [-0.1, -0.05) is 11.6 Å². The molecule has 30 heavy (non-hydrogen) atoms. The van der Waals surface area contributed by atoms with Gasteiger partial charge in [-0.3, -0.25) is 4.31 Å².